The molecule has 0 aliphatic rings. The number of fused-ring (bicyclic) bond motifs is 2. The predicted octanol–water partition coefficient (Wildman–Crippen LogP) is 3.06. The molecule has 0 saturated heterocycles. The SMILES string of the molecule is O=C(NCc1ccc(F)cc1F)c1cccn2c(=O)c3ccccc3nc12. The first-order chi connectivity index (χ1) is 13.0. The Balaban J connectivity index is 1.72. The summed E-state index contributed by atoms with van der Waals surface area (Å²) in [4.78, 5) is 29.6. The number of rotatable bonds is 3. The maximum atomic E-state index is 13.7. The summed E-state index contributed by atoms with van der Waals surface area (Å²) < 4.78 is 28.0. The number of aromatic nitrogens is 2. The maximum absolute atomic E-state index is 13.7. The molecule has 4 rings (SSSR count). The summed E-state index contributed by atoms with van der Waals surface area (Å²) in [7, 11) is 0. The smallest absolute Gasteiger partial charge is 0.265 e. The number of carbonyl (C=O) groups excluding carboxylic acids is 1. The van der Waals surface area contributed by atoms with Crippen LogP contribution in [0.1, 0.15) is 15.9 Å². The number of nitrogens with one attached hydrogen (secondary N) is 1. The first-order valence-corrected chi connectivity index (χ1v) is 8.17. The van der Waals surface area contributed by atoms with Gasteiger partial charge in [-0.05, 0) is 30.3 Å². The van der Waals surface area contributed by atoms with Crippen LogP contribution < -0.4 is 10.9 Å². The van der Waals surface area contributed by atoms with Crippen molar-refractivity contribution in [1.29, 1.82) is 0 Å². The van der Waals surface area contributed by atoms with Gasteiger partial charge < -0.3 is 5.32 Å². The minimum absolute atomic E-state index is 0.121. The Morgan fingerprint density at radius 1 is 1.07 bits per heavy atom. The molecule has 0 saturated carbocycles. The molecule has 0 atom stereocenters. The number of hydrogen-bond acceptors (Lipinski definition) is 3. The van der Waals surface area contributed by atoms with Crippen LogP contribution in [0.5, 0.6) is 0 Å². The van der Waals surface area contributed by atoms with Gasteiger partial charge in [-0.15, -0.1) is 0 Å². The van der Waals surface area contributed by atoms with E-state index in [2.05, 4.69) is 10.3 Å². The van der Waals surface area contributed by atoms with Crippen molar-refractivity contribution in [3.63, 3.8) is 0 Å². The molecule has 0 radical (unpaired) electrons. The first-order valence-electron chi connectivity index (χ1n) is 8.17. The van der Waals surface area contributed by atoms with E-state index in [0.717, 1.165) is 12.1 Å². The van der Waals surface area contributed by atoms with Crippen LogP contribution in [0.4, 0.5) is 8.78 Å². The second-order valence-electron chi connectivity index (χ2n) is 5.97. The molecule has 4 aromatic rings. The molecule has 0 aliphatic heterocycles. The predicted molar refractivity (Wildman–Crippen MR) is 96.5 cm³/mol. The van der Waals surface area contributed by atoms with E-state index >= 15 is 0 Å². The highest BCUT2D eigenvalue weighted by molar-refractivity contribution is 6.00. The molecular formula is C20H13F2N3O2. The number of hydrogen-bond donors (Lipinski definition) is 1. The molecule has 0 aliphatic carbocycles. The van der Waals surface area contributed by atoms with E-state index < -0.39 is 17.5 Å². The van der Waals surface area contributed by atoms with Crippen LogP contribution in [0, 0.1) is 11.6 Å². The standard InChI is InChI=1S/C20H13F2N3O2/c21-13-8-7-12(16(22)10-13)11-23-19(26)15-5-3-9-25-18(15)24-17-6-2-1-4-14(17)20(25)27/h1-10H,11H2,(H,23,26). The van der Waals surface area contributed by atoms with Gasteiger partial charge in [0.1, 0.15) is 11.6 Å². The van der Waals surface area contributed by atoms with Crippen molar-refractivity contribution in [2.75, 3.05) is 0 Å². The van der Waals surface area contributed by atoms with Gasteiger partial charge in [0.25, 0.3) is 11.5 Å². The number of carbonyl (C=O) groups is 1. The number of nitrogens with zero attached hydrogens (tertiary/aromatic N) is 2. The van der Waals surface area contributed by atoms with Crippen molar-refractivity contribution in [3.05, 3.63) is 93.9 Å². The Kier molecular flexibility index (Phi) is 4.12. The quantitative estimate of drug-likeness (QED) is 0.568. The summed E-state index contributed by atoms with van der Waals surface area (Å²) >= 11 is 0. The van der Waals surface area contributed by atoms with Crippen LogP contribution in [0.3, 0.4) is 0 Å². The van der Waals surface area contributed by atoms with Gasteiger partial charge in [0.15, 0.2) is 5.65 Å². The molecule has 0 unspecified atom stereocenters. The van der Waals surface area contributed by atoms with Crippen molar-refractivity contribution < 1.29 is 13.6 Å². The molecule has 2 aromatic carbocycles. The molecule has 2 heterocycles. The maximum Gasteiger partial charge on any atom is 0.265 e. The van der Waals surface area contributed by atoms with E-state index in [0.29, 0.717) is 10.9 Å². The molecule has 0 fully saturated rings. The van der Waals surface area contributed by atoms with Crippen LogP contribution in [0.2, 0.25) is 0 Å². The zero-order valence-electron chi connectivity index (χ0n) is 13.9. The zero-order chi connectivity index (χ0) is 19.0. The van der Waals surface area contributed by atoms with Crippen LogP contribution in [0.15, 0.2) is 65.6 Å². The fraction of sp³-hybridized carbons (Fsp3) is 0.0500. The number of pyridine rings is 1. The number of benzene rings is 2. The average Bonchev–Trinajstić information content (AvgIpc) is 2.67. The molecule has 2 aromatic heterocycles. The Morgan fingerprint density at radius 2 is 1.89 bits per heavy atom. The third-order valence-corrected chi connectivity index (χ3v) is 4.25. The van der Waals surface area contributed by atoms with Crippen LogP contribution in [-0.2, 0) is 6.54 Å². The fourth-order valence-corrected chi connectivity index (χ4v) is 2.89. The Morgan fingerprint density at radius 3 is 2.70 bits per heavy atom. The largest absolute Gasteiger partial charge is 0.348 e. The minimum atomic E-state index is -0.742. The van der Waals surface area contributed by atoms with E-state index in [4.69, 9.17) is 0 Å². The monoisotopic (exact) mass is 365 g/mol. The van der Waals surface area contributed by atoms with Gasteiger partial charge in [-0.3, -0.25) is 14.0 Å². The molecule has 1 amide bonds. The normalized spacial score (nSPS) is 11.0. The average molecular weight is 365 g/mol. The number of amides is 1. The lowest BCUT2D eigenvalue weighted by molar-refractivity contribution is 0.0951. The Hall–Kier alpha value is -3.61. The zero-order valence-corrected chi connectivity index (χ0v) is 13.9. The summed E-state index contributed by atoms with van der Waals surface area (Å²) in [6.07, 6.45) is 1.54. The molecule has 1 N–H and O–H groups in total. The van der Waals surface area contributed by atoms with Crippen molar-refractivity contribution in [2.24, 2.45) is 0 Å². The molecule has 0 bridgehead atoms. The highest BCUT2D eigenvalue weighted by atomic mass is 19.1. The second-order valence-corrected chi connectivity index (χ2v) is 5.97. The second kappa shape index (κ2) is 6.60. The minimum Gasteiger partial charge on any atom is -0.348 e. The van der Waals surface area contributed by atoms with E-state index in [1.165, 1.54) is 22.7 Å². The summed E-state index contributed by atoms with van der Waals surface area (Å²) in [5.74, 6) is -1.94. The first kappa shape index (κ1) is 16.8. The third-order valence-electron chi connectivity index (χ3n) is 4.25. The van der Waals surface area contributed by atoms with E-state index in [-0.39, 0.29) is 28.9 Å². The van der Waals surface area contributed by atoms with E-state index in [1.54, 1.807) is 30.3 Å². The van der Waals surface area contributed by atoms with Crippen molar-refractivity contribution in [2.45, 2.75) is 6.54 Å². The summed E-state index contributed by atoms with van der Waals surface area (Å²) in [5.41, 5.74) is 0.740. The van der Waals surface area contributed by atoms with Crippen molar-refractivity contribution >= 4 is 22.5 Å². The summed E-state index contributed by atoms with van der Waals surface area (Å²) in [6.45, 7) is -0.121. The van der Waals surface area contributed by atoms with Gasteiger partial charge in [-0.1, -0.05) is 18.2 Å². The highest BCUT2D eigenvalue weighted by Gasteiger charge is 2.15. The van der Waals surface area contributed by atoms with Crippen molar-refractivity contribution in [1.82, 2.24) is 14.7 Å². The van der Waals surface area contributed by atoms with Gasteiger partial charge in [-0.2, -0.15) is 0 Å². The summed E-state index contributed by atoms with van der Waals surface area (Å²) in [6, 6.07) is 13.1. The molecule has 0 spiro atoms. The lowest BCUT2D eigenvalue weighted by atomic mass is 10.2. The molecule has 134 valence electrons. The van der Waals surface area contributed by atoms with Crippen LogP contribution in [0.25, 0.3) is 16.6 Å². The highest BCUT2D eigenvalue weighted by Crippen LogP contribution is 2.14. The molecular weight excluding hydrogens is 352 g/mol. The Labute approximate surface area is 151 Å². The Bertz CT molecular complexity index is 1250. The van der Waals surface area contributed by atoms with Crippen LogP contribution >= 0.6 is 0 Å². The topological polar surface area (TPSA) is 63.5 Å². The van der Waals surface area contributed by atoms with Gasteiger partial charge in [0.2, 0.25) is 0 Å². The third kappa shape index (κ3) is 3.03. The van der Waals surface area contributed by atoms with E-state index in [9.17, 15) is 18.4 Å². The molecule has 7 heteroatoms. The van der Waals surface area contributed by atoms with E-state index in [1.807, 2.05) is 0 Å². The lowest BCUT2D eigenvalue weighted by Crippen LogP contribution is -2.26. The number of para-hydroxylation sites is 1. The van der Waals surface area contributed by atoms with Gasteiger partial charge in [0, 0.05) is 24.4 Å². The van der Waals surface area contributed by atoms with Crippen molar-refractivity contribution in [3.8, 4) is 0 Å². The van der Waals surface area contributed by atoms with Gasteiger partial charge in [0.05, 0.1) is 16.5 Å². The fourth-order valence-electron chi connectivity index (χ4n) is 2.89. The molecule has 5 nitrogen and oxygen atoms in total. The number of halogens is 2. The van der Waals surface area contributed by atoms with Gasteiger partial charge >= 0.3 is 0 Å². The molecule has 27 heavy (non-hydrogen) atoms. The van der Waals surface area contributed by atoms with Crippen LogP contribution in [-0.4, -0.2) is 15.3 Å². The van der Waals surface area contributed by atoms with Gasteiger partial charge in [-0.25, -0.2) is 13.8 Å². The lowest BCUT2D eigenvalue weighted by Gasteiger charge is -2.10. The summed E-state index contributed by atoms with van der Waals surface area (Å²) in [5, 5.41) is 3.02.